The fourth-order valence-corrected chi connectivity index (χ4v) is 9.24. The molecule has 8 unspecified atom stereocenters. The number of carbonyl (C=O) groups is 5. The molecule has 11 heteroatoms. The summed E-state index contributed by atoms with van der Waals surface area (Å²) in [5.74, 6) is 0.934. The summed E-state index contributed by atoms with van der Waals surface area (Å²) >= 11 is 0. The lowest BCUT2D eigenvalue weighted by atomic mass is 9.52. The average Bonchev–Trinajstić information content (AvgIpc) is 3.79. The van der Waals surface area contributed by atoms with Gasteiger partial charge >= 0.3 is 29.8 Å². The molecule has 6 aliphatic carbocycles. The molecule has 8 aliphatic rings. The van der Waals surface area contributed by atoms with Gasteiger partial charge in [-0.05, 0) is 118 Å². The smallest absolute Gasteiger partial charge is 0.312 e. The number of esters is 5. The molecular weight excluding hydrogens is 656 g/mol. The van der Waals surface area contributed by atoms with Crippen LogP contribution in [0.4, 0.5) is 0 Å². The SMILES string of the molecule is CCC(C)(C)C(=O)OC12CC3CC(CC(O)(C3)C1)C2.CCC(C)(C)C(=O)OC1C2CC3C(=O)OC1C3C2.CCC(C)(C)C(=O)OC1COC(=O)C1. The van der Waals surface area contributed by atoms with Crippen LogP contribution in [0.3, 0.4) is 0 Å². The molecule has 8 fully saturated rings. The van der Waals surface area contributed by atoms with Crippen LogP contribution < -0.4 is 0 Å². The van der Waals surface area contributed by atoms with Crippen molar-refractivity contribution in [2.45, 2.75) is 169 Å². The van der Waals surface area contributed by atoms with Crippen LogP contribution >= 0.6 is 0 Å². The molecule has 11 nitrogen and oxygen atoms in total. The lowest BCUT2D eigenvalue weighted by Gasteiger charge is -2.59. The molecule has 6 bridgehead atoms. The Hall–Kier alpha value is -2.69. The highest BCUT2D eigenvalue weighted by Gasteiger charge is 2.64. The zero-order valence-electron chi connectivity index (χ0n) is 32.3. The van der Waals surface area contributed by atoms with Crippen molar-refractivity contribution in [3.05, 3.63) is 0 Å². The highest BCUT2D eigenvalue weighted by atomic mass is 16.6. The van der Waals surface area contributed by atoms with Gasteiger partial charge in [-0.3, -0.25) is 24.0 Å². The van der Waals surface area contributed by atoms with E-state index >= 15 is 0 Å². The minimum absolute atomic E-state index is 0.0779. The third-order valence-corrected chi connectivity index (χ3v) is 13.4. The van der Waals surface area contributed by atoms with E-state index in [4.69, 9.17) is 23.7 Å². The van der Waals surface area contributed by atoms with Crippen molar-refractivity contribution in [3.8, 4) is 0 Å². The quantitative estimate of drug-likeness (QED) is 0.213. The van der Waals surface area contributed by atoms with Crippen molar-refractivity contribution in [2.75, 3.05) is 6.61 Å². The van der Waals surface area contributed by atoms with Crippen LogP contribution in [-0.4, -0.2) is 71.1 Å². The largest absolute Gasteiger partial charge is 0.462 e. The maximum atomic E-state index is 12.4. The van der Waals surface area contributed by atoms with Gasteiger partial charge in [0.2, 0.25) is 0 Å². The average molecular weight is 719 g/mol. The van der Waals surface area contributed by atoms with Crippen molar-refractivity contribution in [1.29, 1.82) is 0 Å². The Morgan fingerprint density at radius 1 is 0.784 bits per heavy atom. The van der Waals surface area contributed by atoms with Crippen LogP contribution in [0.5, 0.6) is 0 Å². The maximum absolute atomic E-state index is 12.4. The summed E-state index contributed by atoms with van der Waals surface area (Å²) in [6.07, 6.45) is 9.16. The van der Waals surface area contributed by atoms with E-state index < -0.39 is 21.8 Å². The van der Waals surface area contributed by atoms with Crippen molar-refractivity contribution >= 4 is 29.8 Å². The van der Waals surface area contributed by atoms with Crippen molar-refractivity contribution in [2.24, 2.45) is 45.8 Å². The third-order valence-electron chi connectivity index (χ3n) is 13.4. The molecule has 2 saturated heterocycles. The molecular formula is C40H62O11. The van der Waals surface area contributed by atoms with Crippen molar-refractivity contribution in [3.63, 3.8) is 0 Å². The first-order chi connectivity index (χ1) is 23.6. The number of aliphatic hydroxyl groups is 1. The predicted octanol–water partition coefficient (Wildman–Crippen LogP) is 6.25. The number of rotatable bonds is 9. The van der Waals surface area contributed by atoms with Crippen LogP contribution in [0.25, 0.3) is 0 Å². The van der Waals surface area contributed by atoms with E-state index in [1.54, 1.807) is 0 Å². The molecule has 6 saturated carbocycles. The maximum Gasteiger partial charge on any atom is 0.312 e. The van der Waals surface area contributed by atoms with E-state index in [2.05, 4.69) is 0 Å². The van der Waals surface area contributed by atoms with Gasteiger partial charge in [-0.15, -0.1) is 0 Å². The topological polar surface area (TPSA) is 152 Å². The van der Waals surface area contributed by atoms with E-state index in [0.717, 1.165) is 51.4 Å². The van der Waals surface area contributed by atoms with E-state index in [-0.39, 0.29) is 72.7 Å². The van der Waals surface area contributed by atoms with Gasteiger partial charge in [0.1, 0.15) is 30.5 Å². The van der Waals surface area contributed by atoms with Gasteiger partial charge in [0, 0.05) is 18.3 Å². The molecule has 8 atom stereocenters. The fourth-order valence-electron chi connectivity index (χ4n) is 9.24. The first-order valence-electron chi connectivity index (χ1n) is 19.4. The highest BCUT2D eigenvalue weighted by Crippen LogP contribution is 2.59. The van der Waals surface area contributed by atoms with Gasteiger partial charge in [-0.25, -0.2) is 0 Å². The highest BCUT2D eigenvalue weighted by molar-refractivity contribution is 5.79. The number of fused-ring (bicyclic) bond motifs is 1. The van der Waals surface area contributed by atoms with Gasteiger partial charge in [0.15, 0.2) is 0 Å². The van der Waals surface area contributed by atoms with E-state index in [1.807, 2.05) is 62.3 Å². The Morgan fingerprint density at radius 3 is 1.84 bits per heavy atom. The molecule has 8 rings (SSSR count). The summed E-state index contributed by atoms with van der Waals surface area (Å²) in [5, 5.41) is 10.6. The summed E-state index contributed by atoms with van der Waals surface area (Å²) in [6, 6.07) is 0. The van der Waals surface area contributed by atoms with Gasteiger partial charge in [0.05, 0.1) is 34.2 Å². The van der Waals surface area contributed by atoms with Gasteiger partial charge in [0.25, 0.3) is 0 Å². The molecule has 0 amide bonds. The molecule has 0 aromatic rings. The Labute approximate surface area is 303 Å². The molecule has 2 aliphatic heterocycles. The second kappa shape index (κ2) is 14.3. The summed E-state index contributed by atoms with van der Waals surface area (Å²) < 4.78 is 26.9. The van der Waals surface area contributed by atoms with E-state index in [9.17, 15) is 29.1 Å². The lowest BCUT2D eigenvalue weighted by molar-refractivity contribution is -0.225. The fraction of sp³-hybridized carbons (Fsp3) is 0.875. The predicted molar refractivity (Wildman–Crippen MR) is 186 cm³/mol. The zero-order chi connectivity index (χ0) is 37.7. The summed E-state index contributed by atoms with van der Waals surface area (Å²) in [7, 11) is 0. The van der Waals surface area contributed by atoms with Gasteiger partial charge in [-0.1, -0.05) is 20.8 Å². The number of hydrogen-bond donors (Lipinski definition) is 1. The number of hydrogen-bond acceptors (Lipinski definition) is 11. The first-order valence-corrected chi connectivity index (χ1v) is 19.4. The first kappa shape index (κ1) is 39.5. The van der Waals surface area contributed by atoms with Crippen LogP contribution in [0.2, 0.25) is 0 Å². The van der Waals surface area contributed by atoms with Crippen LogP contribution in [0.15, 0.2) is 0 Å². The monoisotopic (exact) mass is 718 g/mol. The lowest BCUT2D eigenvalue weighted by Crippen LogP contribution is -2.61. The molecule has 0 radical (unpaired) electrons. The molecule has 0 aromatic heterocycles. The summed E-state index contributed by atoms with van der Waals surface area (Å²) in [4.78, 5) is 58.4. The van der Waals surface area contributed by atoms with E-state index in [1.165, 1.54) is 6.42 Å². The zero-order valence-corrected chi connectivity index (χ0v) is 32.3. The summed E-state index contributed by atoms with van der Waals surface area (Å²) in [5.41, 5.74) is -2.26. The van der Waals surface area contributed by atoms with Crippen LogP contribution in [0, 0.1) is 45.8 Å². The number of cyclic esters (lactones) is 1. The minimum atomic E-state index is -0.555. The molecule has 0 spiro atoms. The normalized spacial score (nSPS) is 37.1. The Balaban J connectivity index is 0.000000150. The van der Waals surface area contributed by atoms with Crippen molar-refractivity contribution in [1.82, 2.24) is 0 Å². The standard InChI is InChI=1S/C16H26O3.C14H20O4.C10H16O4/c1-4-14(2,3)13(17)19-16-8-11-5-12(9-16)7-15(18,6-11)10-16;1-4-14(2,3)13(16)18-10-7-5-8-9(6-7)12(15)17-11(8)10;1-4-10(2,3)9(12)14-7-5-8(11)13-6-7/h11-12,18H,4-10H2,1-3H3;7-11H,4-6H2,1-3H3;7H,4-6H2,1-3H3. The second-order valence-corrected chi connectivity index (χ2v) is 18.7. The molecule has 1 N–H and O–H groups in total. The Morgan fingerprint density at radius 2 is 1.33 bits per heavy atom. The molecule has 0 aromatic carbocycles. The Kier molecular flexibility index (Phi) is 11.1. The minimum Gasteiger partial charge on any atom is -0.462 e. The molecule has 2 heterocycles. The number of carbonyl (C=O) groups excluding carboxylic acids is 5. The molecule has 51 heavy (non-hydrogen) atoms. The van der Waals surface area contributed by atoms with Gasteiger partial charge < -0.3 is 28.8 Å². The Bertz CT molecular complexity index is 1350. The third kappa shape index (κ3) is 8.28. The molecule has 288 valence electrons. The van der Waals surface area contributed by atoms with Crippen LogP contribution in [-0.2, 0) is 47.7 Å². The van der Waals surface area contributed by atoms with Crippen LogP contribution in [0.1, 0.15) is 139 Å². The number of ether oxygens (including phenoxy) is 5. The summed E-state index contributed by atoms with van der Waals surface area (Å²) in [6.45, 7) is 17.5. The van der Waals surface area contributed by atoms with E-state index in [0.29, 0.717) is 36.5 Å². The second-order valence-electron chi connectivity index (χ2n) is 18.7. The van der Waals surface area contributed by atoms with Gasteiger partial charge in [-0.2, -0.15) is 0 Å². The van der Waals surface area contributed by atoms with Crippen molar-refractivity contribution < 1.29 is 52.8 Å².